The molecule has 9 heteroatoms. The van der Waals surface area contributed by atoms with Crippen molar-refractivity contribution in [2.45, 2.75) is 13.0 Å². The van der Waals surface area contributed by atoms with E-state index in [1.165, 1.54) is 30.3 Å². The van der Waals surface area contributed by atoms with Gasteiger partial charge in [-0.05, 0) is 18.6 Å². The molecule has 2 rings (SSSR count). The summed E-state index contributed by atoms with van der Waals surface area (Å²) in [6.07, 6.45) is -0.714. The highest BCUT2D eigenvalue weighted by Crippen LogP contribution is 2.27. The van der Waals surface area contributed by atoms with Crippen molar-refractivity contribution in [2.75, 3.05) is 0 Å². The molecule has 0 amide bonds. The maximum absolute atomic E-state index is 11.9. The third-order valence-corrected chi connectivity index (χ3v) is 3.82. The van der Waals surface area contributed by atoms with Crippen molar-refractivity contribution in [2.24, 2.45) is 0 Å². The number of esters is 1. The van der Waals surface area contributed by atoms with E-state index in [9.17, 15) is 25.0 Å². The predicted octanol–water partition coefficient (Wildman–Crippen LogP) is 3.48. The highest BCUT2D eigenvalue weighted by Gasteiger charge is 2.20. The zero-order valence-electron chi connectivity index (χ0n) is 11.3. The number of benzene rings is 1. The molecule has 0 saturated carbocycles. The fourth-order valence-corrected chi connectivity index (χ4v) is 2.42. The molecule has 22 heavy (non-hydrogen) atoms. The minimum atomic E-state index is -0.714. The van der Waals surface area contributed by atoms with Crippen LogP contribution < -0.4 is 0 Å². The van der Waals surface area contributed by atoms with Gasteiger partial charge in [-0.15, -0.1) is 0 Å². The average Bonchev–Trinajstić information content (AvgIpc) is 2.97. The summed E-state index contributed by atoms with van der Waals surface area (Å²) in [6, 6.07) is 8.27. The highest BCUT2D eigenvalue weighted by atomic mass is 32.1. The van der Waals surface area contributed by atoms with E-state index in [2.05, 4.69) is 0 Å². The molecule has 0 spiro atoms. The molecular weight excluding hydrogens is 312 g/mol. The van der Waals surface area contributed by atoms with Crippen LogP contribution in [-0.2, 0) is 4.74 Å². The predicted molar refractivity (Wildman–Crippen MR) is 77.9 cm³/mol. The maximum atomic E-state index is 11.9. The van der Waals surface area contributed by atoms with Gasteiger partial charge in [0.25, 0.3) is 5.69 Å². The van der Waals surface area contributed by atoms with Crippen LogP contribution in [0.15, 0.2) is 36.4 Å². The van der Waals surface area contributed by atoms with Crippen molar-refractivity contribution in [1.29, 1.82) is 0 Å². The van der Waals surface area contributed by atoms with Crippen LogP contribution in [0.25, 0.3) is 0 Å². The van der Waals surface area contributed by atoms with Gasteiger partial charge >= 0.3 is 11.0 Å². The van der Waals surface area contributed by atoms with Crippen molar-refractivity contribution in [3.05, 3.63) is 67.1 Å². The van der Waals surface area contributed by atoms with Gasteiger partial charge in [-0.1, -0.05) is 23.5 Å². The Kier molecular flexibility index (Phi) is 4.47. The van der Waals surface area contributed by atoms with Crippen LogP contribution >= 0.6 is 11.3 Å². The number of hydrogen-bond acceptors (Lipinski definition) is 7. The second-order valence-corrected chi connectivity index (χ2v) is 5.36. The average molecular weight is 322 g/mol. The topological polar surface area (TPSA) is 113 Å². The van der Waals surface area contributed by atoms with Crippen molar-refractivity contribution < 1.29 is 19.4 Å². The van der Waals surface area contributed by atoms with E-state index in [0.717, 1.165) is 0 Å². The first kappa shape index (κ1) is 15.6. The lowest BCUT2D eigenvalue weighted by Gasteiger charge is -2.12. The number of thiophene rings is 1. The fourth-order valence-electron chi connectivity index (χ4n) is 1.71. The minimum Gasteiger partial charge on any atom is -0.454 e. The number of nitrogens with zero attached hydrogens (tertiary/aromatic N) is 2. The molecule has 1 aromatic heterocycles. The number of nitro benzene ring substituents is 1. The molecule has 0 fully saturated rings. The van der Waals surface area contributed by atoms with E-state index in [4.69, 9.17) is 4.74 Å². The lowest BCUT2D eigenvalue weighted by molar-refractivity contribution is -0.385. The number of non-ortho nitro benzene ring substituents is 1. The second kappa shape index (κ2) is 6.31. The fraction of sp³-hybridized carbons (Fsp3) is 0.154. The Morgan fingerprint density at radius 2 is 1.91 bits per heavy atom. The van der Waals surface area contributed by atoms with Gasteiger partial charge < -0.3 is 4.74 Å². The van der Waals surface area contributed by atoms with Gasteiger partial charge in [-0.25, -0.2) is 4.79 Å². The van der Waals surface area contributed by atoms with Crippen LogP contribution in [0.3, 0.4) is 0 Å². The lowest BCUT2D eigenvalue weighted by atomic mass is 10.1. The summed E-state index contributed by atoms with van der Waals surface area (Å²) in [5.41, 5.74) is 0.362. The van der Waals surface area contributed by atoms with Crippen LogP contribution in [0.5, 0.6) is 0 Å². The molecule has 8 nitrogen and oxygen atoms in total. The molecule has 1 aromatic carbocycles. The van der Waals surface area contributed by atoms with E-state index in [1.807, 2.05) is 0 Å². The normalized spacial score (nSPS) is 11.7. The summed E-state index contributed by atoms with van der Waals surface area (Å²) in [5.74, 6) is -0.711. The molecule has 0 N–H and O–H groups in total. The SMILES string of the molecule is CC(OC(=O)c1ccc([N+](=O)[O-])s1)c1cccc([N+](=O)[O-])c1. The molecule has 1 atom stereocenters. The molecule has 0 aliphatic rings. The minimum absolute atomic E-state index is 0.101. The molecule has 0 radical (unpaired) electrons. The van der Waals surface area contributed by atoms with Gasteiger partial charge in [0.05, 0.1) is 9.85 Å². The molecule has 0 aliphatic heterocycles. The summed E-state index contributed by atoms with van der Waals surface area (Å²) in [7, 11) is 0. The Morgan fingerprint density at radius 3 is 2.50 bits per heavy atom. The number of ether oxygens (including phenoxy) is 1. The second-order valence-electron chi connectivity index (χ2n) is 4.29. The van der Waals surface area contributed by atoms with Crippen molar-refractivity contribution in [3.63, 3.8) is 0 Å². The summed E-state index contributed by atoms with van der Waals surface area (Å²) >= 11 is 0.712. The first-order chi connectivity index (χ1) is 10.4. The van der Waals surface area contributed by atoms with Gasteiger partial charge in [0.1, 0.15) is 11.0 Å². The van der Waals surface area contributed by atoms with E-state index in [1.54, 1.807) is 13.0 Å². The number of carbonyl (C=O) groups is 1. The van der Waals surface area contributed by atoms with E-state index in [-0.39, 0.29) is 15.6 Å². The summed E-state index contributed by atoms with van der Waals surface area (Å²) in [4.78, 5) is 32.2. The maximum Gasteiger partial charge on any atom is 0.349 e. The Bertz CT molecular complexity index is 742. The molecule has 0 bridgehead atoms. The number of hydrogen-bond donors (Lipinski definition) is 0. The van der Waals surface area contributed by atoms with Crippen LogP contribution in [0.4, 0.5) is 10.7 Å². The standard InChI is InChI=1S/C13H10N2O6S/c1-8(9-3-2-4-10(7-9)14(17)18)21-13(16)11-5-6-12(22-11)15(19)20/h2-8H,1H3. The Balaban J connectivity index is 2.12. The van der Waals surface area contributed by atoms with Crippen LogP contribution in [0, 0.1) is 20.2 Å². The Morgan fingerprint density at radius 1 is 1.18 bits per heavy atom. The molecule has 0 saturated heterocycles. The lowest BCUT2D eigenvalue weighted by Crippen LogP contribution is -2.08. The number of rotatable bonds is 5. The largest absolute Gasteiger partial charge is 0.454 e. The van der Waals surface area contributed by atoms with Crippen molar-refractivity contribution in [1.82, 2.24) is 0 Å². The summed E-state index contributed by atoms with van der Waals surface area (Å²) in [6.45, 7) is 1.57. The Labute approximate surface area is 128 Å². The molecule has 114 valence electrons. The Hall–Kier alpha value is -2.81. The van der Waals surface area contributed by atoms with Crippen molar-refractivity contribution >= 4 is 28.0 Å². The smallest absolute Gasteiger partial charge is 0.349 e. The molecular formula is C13H10N2O6S. The van der Waals surface area contributed by atoms with Crippen molar-refractivity contribution in [3.8, 4) is 0 Å². The van der Waals surface area contributed by atoms with E-state index >= 15 is 0 Å². The first-order valence-corrected chi connectivity index (χ1v) is 6.89. The molecule has 1 heterocycles. The summed E-state index contributed by atoms with van der Waals surface area (Å²) in [5, 5.41) is 21.1. The van der Waals surface area contributed by atoms with Crippen LogP contribution in [0.2, 0.25) is 0 Å². The summed E-state index contributed by atoms with van der Waals surface area (Å²) < 4.78 is 5.18. The van der Waals surface area contributed by atoms with Gasteiger partial charge in [0.15, 0.2) is 0 Å². The van der Waals surface area contributed by atoms with Gasteiger partial charge in [-0.2, -0.15) is 0 Å². The van der Waals surface area contributed by atoms with E-state index < -0.39 is 21.9 Å². The molecule has 2 aromatic rings. The monoisotopic (exact) mass is 322 g/mol. The number of nitro groups is 2. The molecule has 1 unspecified atom stereocenters. The zero-order valence-corrected chi connectivity index (χ0v) is 12.1. The van der Waals surface area contributed by atoms with Crippen LogP contribution in [-0.4, -0.2) is 15.8 Å². The molecule has 0 aliphatic carbocycles. The third-order valence-electron chi connectivity index (χ3n) is 2.81. The zero-order chi connectivity index (χ0) is 16.3. The quantitative estimate of drug-likeness (QED) is 0.473. The third kappa shape index (κ3) is 3.44. The van der Waals surface area contributed by atoms with Crippen LogP contribution in [0.1, 0.15) is 28.3 Å². The highest BCUT2D eigenvalue weighted by molar-refractivity contribution is 7.17. The number of carbonyl (C=O) groups excluding carboxylic acids is 1. The van der Waals surface area contributed by atoms with Gasteiger partial charge in [-0.3, -0.25) is 20.2 Å². The van der Waals surface area contributed by atoms with Gasteiger partial charge in [0, 0.05) is 18.2 Å². The van der Waals surface area contributed by atoms with Gasteiger partial charge in [0.2, 0.25) is 0 Å². The van der Waals surface area contributed by atoms with E-state index in [0.29, 0.717) is 16.9 Å². The first-order valence-electron chi connectivity index (χ1n) is 6.08.